The number of esters is 1. The zero-order chi connectivity index (χ0) is 39.4. The fourth-order valence-corrected chi connectivity index (χ4v) is 7.04. The number of unbranched alkanes of at least 4 members (excludes halogenated alkanes) is 28. The van der Waals surface area contributed by atoms with Crippen molar-refractivity contribution < 1.29 is 24.5 Å². The van der Waals surface area contributed by atoms with Crippen molar-refractivity contribution in [3.8, 4) is 0 Å². The van der Waals surface area contributed by atoms with E-state index in [-0.39, 0.29) is 18.5 Å². The Morgan fingerprint density at radius 3 is 1.37 bits per heavy atom. The molecule has 0 aromatic heterocycles. The zero-order valence-corrected chi connectivity index (χ0v) is 36.0. The fourth-order valence-electron chi connectivity index (χ4n) is 7.04. The molecule has 0 fully saturated rings. The first-order valence-corrected chi connectivity index (χ1v) is 23.6. The molecule has 6 heteroatoms. The van der Waals surface area contributed by atoms with E-state index >= 15 is 0 Å². The van der Waals surface area contributed by atoms with E-state index in [1.165, 1.54) is 141 Å². The molecule has 0 heterocycles. The van der Waals surface area contributed by atoms with Crippen LogP contribution in [-0.4, -0.2) is 47.4 Å². The number of aliphatic hydroxyl groups is 2. The second-order valence-electron chi connectivity index (χ2n) is 16.1. The first-order valence-electron chi connectivity index (χ1n) is 23.6. The van der Waals surface area contributed by atoms with E-state index in [2.05, 4.69) is 43.5 Å². The number of allylic oxidation sites excluding steroid dienone is 4. The molecule has 0 aliphatic heterocycles. The molecule has 0 aromatic rings. The van der Waals surface area contributed by atoms with Crippen LogP contribution < -0.4 is 5.32 Å². The first-order chi connectivity index (χ1) is 26.5. The number of rotatable bonds is 43. The summed E-state index contributed by atoms with van der Waals surface area (Å²) in [4.78, 5) is 24.4. The first kappa shape index (κ1) is 52.3. The zero-order valence-electron chi connectivity index (χ0n) is 36.0. The predicted molar refractivity (Wildman–Crippen MR) is 232 cm³/mol. The normalized spacial score (nSPS) is 12.9. The number of nitrogens with one attached hydrogen (secondary N) is 1. The van der Waals surface area contributed by atoms with Crippen LogP contribution in [0, 0.1) is 0 Å². The maximum atomic E-state index is 12.4. The average Bonchev–Trinajstić information content (AvgIpc) is 3.17. The van der Waals surface area contributed by atoms with Crippen LogP contribution in [0.5, 0.6) is 0 Å². The van der Waals surface area contributed by atoms with E-state index in [0.29, 0.717) is 25.9 Å². The van der Waals surface area contributed by atoms with Crippen LogP contribution in [0.15, 0.2) is 24.3 Å². The third kappa shape index (κ3) is 40.0. The van der Waals surface area contributed by atoms with Gasteiger partial charge in [-0.25, -0.2) is 0 Å². The number of carbonyl (C=O) groups excluding carboxylic acids is 2. The summed E-state index contributed by atoms with van der Waals surface area (Å²) in [6, 6.07) is -0.560. The second kappa shape index (κ2) is 44.1. The molecule has 3 N–H and O–H groups in total. The molecular weight excluding hydrogens is 671 g/mol. The molecule has 0 aromatic carbocycles. The van der Waals surface area contributed by atoms with Crippen LogP contribution in [0.3, 0.4) is 0 Å². The molecule has 0 spiro atoms. The van der Waals surface area contributed by atoms with Crippen LogP contribution in [0.2, 0.25) is 0 Å². The Kier molecular flexibility index (Phi) is 42.7. The molecule has 0 aliphatic rings. The quantitative estimate of drug-likeness (QED) is 0.0327. The van der Waals surface area contributed by atoms with Crippen molar-refractivity contribution in [2.45, 2.75) is 257 Å². The molecule has 0 bridgehead atoms. The van der Waals surface area contributed by atoms with E-state index in [9.17, 15) is 19.8 Å². The Labute approximate surface area is 335 Å². The van der Waals surface area contributed by atoms with E-state index in [1.807, 2.05) is 0 Å². The molecular formula is C48H91NO5. The molecule has 0 rings (SSSR count). The predicted octanol–water partition coefficient (Wildman–Crippen LogP) is 13.6. The third-order valence-corrected chi connectivity index (χ3v) is 10.7. The van der Waals surface area contributed by atoms with Gasteiger partial charge in [0.1, 0.15) is 0 Å². The van der Waals surface area contributed by atoms with Crippen LogP contribution in [-0.2, 0) is 14.3 Å². The van der Waals surface area contributed by atoms with Gasteiger partial charge < -0.3 is 20.3 Å². The summed E-state index contributed by atoms with van der Waals surface area (Å²) in [6.07, 6.45) is 49.9. The van der Waals surface area contributed by atoms with Gasteiger partial charge in [-0.1, -0.05) is 179 Å². The molecule has 0 saturated heterocycles. The summed E-state index contributed by atoms with van der Waals surface area (Å²) in [5.74, 6) is -0.0902. The lowest BCUT2D eigenvalue weighted by molar-refractivity contribution is -0.143. The van der Waals surface area contributed by atoms with E-state index in [4.69, 9.17) is 4.74 Å². The Hall–Kier alpha value is -1.66. The lowest BCUT2D eigenvalue weighted by Crippen LogP contribution is -2.45. The molecule has 54 heavy (non-hydrogen) atoms. The Bertz CT molecular complexity index is 843. The third-order valence-electron chi connectivity index (χ3n) is 10.7. The summed E-state index contributed by atoms with van der Waals surface area (Å²) < 4.78 is 5.43. The maximum absolute atomic E-state index is 12.4. The summed E-state index contributed by atoms with van der Waals surface area (Å²) in [5.41, 5.74) is 0. The number of hydrogen-bond acceptors (Lipinski definition) is 5. The Morgan fingerprint density at radius 1 is 0.500 bits per heavy atom. The highest BCUT2D eigenvalue weighted by Crippen LogP contribution is 2.15. The summed E-state index contributed by atoms with van der Waals surface area (Å²) >= 11 is 0. The Morgan fingerprint density at radius 2 is 0.870 bits per heavy atom. The van der Waals surface area contributed by atoms with Gasteiger partial charge >= 0.3 is 5.97 Å². The molecule has 1 amide bonds. The van der Waals surface area contributed by atoms with Crippen LogP contribution in [0.25, 0.3) is 0 Å². The standard InChI is InChI=1S/C48H91NO5/c1-3-5-7-9-11-13-15-20-24-28-32-36-40-46(51)45(44-50)49-47(52)41-37-33-29-25-21-18-17-19-23-27-31-35-39-43-54-48(53)42-38-34-30-26-22-16-14-12-10-8-6-4-2/h12,14,18,21,45-46,50-51H,3-11,13,15-17,19-20,22-44H2,1-2H3,(H,49,52)/b14-12-,21-18-. The molecule has 6 nitrogen and oxygen atoms in total. The lowest BCUT2D eigenvalue weighted by Gasteiger charge is -2.22. The smallest absolute Gasteiger partial charge is 0.305 e. The van der Waals surface area contributed by atoms with E-state index < -0.39 is 12.1 Å². The van der Waals surface area contributed by atoms with E-state index in [0.717, 1.165) is 70.6 Å². The van der Waals surface area contributed by atoms with Crippen LogP contribution in [0.1, 0.15) is 245 Å². The monoisotopic (exact) mass is 762 g/mol. The van der Waals surface area contributed by atoms with Crippen molar-refractivity contribution in [1.82, 2.24) is 5.32 Å². The average molecular weight is 762 g/mol. The fraction of sp³-hybridized carbons (Fsp3) is 0.875. The largest absolute Gasteiger partial charge is 0.466 e. The minimum Gasteiger partial charge on any atom is -0.466 e. The SMILES string of the molecule is CCCCC/C=C\CCCCCCCC(=O)OCCCCCCCC/C=C\CCCCCC(=O)NC(CO)C(O)CCCCCCCCCCCCCC. The van der Waals surface area contributed by atoms with Gasteiger partial charge in [0.2, 0.25) is 5.91 Å². The summed E-state index contributed by atoms with van der Waals surface area (Å²) in [7, 11) is 0. The summed E-state index contributed by atoms with van der Waals surface area (Å²) in [5, 5.41) is 23.1. The molecule has 0 saturated carbocycles. The van der Waals surface area contributed by atoms with Gasteiger partial charge in [-0.15, -0.1) is 0 Å². The second-order valence-corrected chi connectivity index (χ2v) is 16.1. The van der Waals surface area contributed by atoms with Crippen molar-refractivity contribution >= 4 is 11.9 Å². The van der Waals surface area contributed by atoms with Crippen molar-refractivity contribution in [2.24, 2.45) is 0 Å². The number of hydrogen-bond donors (Lipinski definition) is 3. The molecule has 2 unspecified atom stereocenters. The number of aliphatic hydroxyl groups excluding tert-OH is 2. The molecule has 0 radical (unpaired) electrons. The van der Waals surface area contributed by atoms with Gasteiger partial charge in [0.25, 0.3) is 0 Å². The highest BCUT2D eigenvalue weighted by Gasteiger charge is 2.20. The minimum atomic E-state index is -0.680. The van der Waals surface area contributed by atoms with Crippen molar-refractivity contribution in [2.75, 3.05) is 13.2 Å². The van der Waals surface area contributed by atoms with Gasteiger partial charge in [-0.2, -0.15) is 0 Å². The number of ether oxygens (including phenoxy) is 1. The van der Waals surface area contributed by atoms with E-state index in [1.54, 1.807) is 0 Å². The van der Waals surface area contributed by atoms with Gasteiger partial charge in [-0.3, -0.25) is 9.59 Å². The topological polar surface area (TPSA) is 95.9 Å². The van der Waals surface area contributed by atoms with Crippen LogP contribution in [0.4, 0.5) is 0 Å². The molecule has 2 atom stereocenters. The summed E-state index contributed by atoms with van der Waals surface area (Å²) in [6.45, 7) is 4.86. The highest BCUT2D eigenvalue weighted by molar-refractivity contribution is 5.76. The maximum Gasteiger partial charge on any atom is 0.305 e. The van der Waals surface area contributed by atoms with Gasteiger partial charge in [0.15, 0.2) is 0 Å². The van der Waals surface area contributed by atoms with Crippen molar-refractivity contribution in [3.05, 3.63) is 24.3 Å². The van der Waals surface area contributed by atoms with Crippen molar-refractivity contribution in [3.63, 3.8) is 0 Å². The highest BCUT2D eigenvalue weighted by atomic mass is 16.5. The number of amides is 1. The van der Waals surface area contributed by atoms with Gasteiger partial charge in [0, 0.05) is 12.8 Å². The van der Waals surface area contributed by atoms with Gasteiger partial charge in [0.05, 0.1) is 25.4 Å². The Balaban J connectivity index is 3.52. The molecule has 318 valence electrons. The van der Waals surface area contributed by atoms with Crippen LogP contribution >= 0.6 is 0 Å². The van der Waals surface area contributed by atoms with Crippen molar-refractivity contribution in [1.29, 1.82) is 0 Å². The minimum absolute atomic E-state index is 0.0233. The number of carbonyl (C=O) groups is 2. The van der Waals surface area contributed by atoms with Gasteiger partial charge in [-0.05, 0) is 77.0 Å². The lowest BCUT2D eigenvalue weighted by atomic mass is 10.0. The molecule has 0 aliphatic carbocycles.